The van der Waals surface area contributed by atoms with Crippen LogP contribution in [0.4, 0.5) is 0 Å². The topological polar surface area (TPSA) is 63.6 Å². The van der Waals surface area contributed by atoms with Crippen LogP contribution in [0.15, 0.2) is 28.7 Å². The maximum atomic E-state index is 12.3. The second-order valence-electron chi connectivity index (χ2n) is 4.36. The zero-order chi connectivity index (χ0) is 15.9. The molecule has 1 aromatic carbocycles. The summed E-state index contributed by atoms with van der Waals surface area (Å²) in [5, 5.41) is 9.68. The van der Waals surface area contributed by atoms with E-state index in [9.17, 15) is 14.7 Å². The fourth-order valence-corrected chi connectivity index (χ4v) is 2.31. The van der Waals surface area contributed by atoms with Crippen molar-refractivity contribution < 1.29 is 19.4 Å². The minimum absolute atomic E-state index is 0.0731. The predicted octanol–water partition coefficient (Wildman–Crippen LogP) is 3.14. The highest BCUT2D eigenvalue weighted by molar-refractivity contribution is 9.10. The molecule has 0 heterocycles. The first-order valence-corrected chi connectivity index (χ1v) is 7.34. The zero-order valence-corrected chi connectivity index (χ0v) is 13.6. The molecule has 112 valence electrons. The van der Waals surface area contributed by atoms with Crippen molar-refractivity contribution in [1.29, 1.82) is 0 Å². The van der Waals surface area contributed by atoms with Gasteiger partial charge in [-0.2, -0.15) is 0 Å². The van der Waals surface area contributed by atoms with Crippen LogP contribution in [0.1, 0.15) is 32.3 Å². The van der Waals surface area contributed by atoms with Crippen molar-refractivity contribution in [3.05, 3.63) is 34.3 Å². The van der Waals surface area contributed by atoms with Gasteiger partial charge in [0.1, 0.15) is 0 Å². The SMILES string of the molecule is CC#CCCC(C(=O)O)(C(=O)OCC)c1ccc(Br)cc1. The van der Waals surface area contributed by atoms with Gasteiger partial charge in [0.05, 0.1) is 6.61 Å². The number of benzene rings is 1. The highest BCUT2D eigenvalue weighted by Crippen LogP contribution is 2.32. The smallest absolute Gasteiger partial charge is 0.328 e. The van der Waals surface area contributed by atoms with Crippen molar-refractivity contribution in [3.63, 3.8) is 0 Å². The molecule has 0 fully saturated rings. The molecule has 0 saturated heterocycles. The third-order valence-electron chi connectivity index (χ3n) is 3.13. The number of halogens is 1. The summed E-state index contributed by atoms with van der Waals surface area (Å²) >= 11 is 3.29. The van der Waals surface area contributed by atoms with Crippen molar-refractivity contribution in [2.75, 3.05) is 6.61 Å². The molecule has 0 spiro atoms. The molecule has 1 unspecified atom stereocenters. The highest BCUT2D eigenvalue weighted by Gasteiger charge is 2.48. The second kappa shape index (κ2) is 7.84. The largest absolute Gasteiger partial charge is 0.480 e. The van der Waals surface area contributed by atoms with Crippen molar-refractivity contribution >= 4 is 27.9 Å². The number of ether oxygens (including phenoxy) is 1. The molecule has 0 bridgehead atoms. The Kier molecular flexibility index (Phi) is 6.44. The van der Waals surface area contributed by atoms with Gasteiger partial charge in [-0.15, -0.1) is 11.8 Å². The van der Waals surface area contributed by atoms with E-state index in [4.69, 9.17) is 4.74 Å². The lowest BCUT2D eigenvalue weighted by Gasteiger charge is -2.27. The molecule has 0 aliphatic heterocycles. The first-order chi connectivity index (χ1) is 9.98. The molecule has 0 aliphatic carbocycles. The summed E-state index contributed by atoms with van der Waals surface area (Å²) in [5.41, 5.74) is -1.32. The van der Waals surface area contributed by atoms with E-state index in [1.807, 2.05) is 0 Å². The third kappa shape index (κ3) is 3.85. The molecule has 0 aliphatic rings. The number of carboxylic acid groups (broad SMARTS) is 1. The molecular formula is C16H17BrO4. The Morgan fingerprint density at radius 2 is 1.95 bits per heavy atom. The van der Waals surface area contributed by atoms with Crippen LogP contribution >= 0.6 is 15.9 Å². The minimum atomic E-state index is -1.72. The van der Waals surface area contributed by atoms with Gasteiger partial charge in [-0.25, -0.2) is 0 Å². The van der Waals surface area contributed by atoms with Crippen LogP contribution in [0, 0.1) is 11.8 Å². The number of carbonyl (C=O) groups is 2. The summed E-state index contributed by atoms with van der Waals surface area (Å²) in [4.78, 5) is 24.2. The summed E-state index contributed by atoms with van der Waals surface area (Å²) in [6.45, 7) is 3.45. The van der Waals surface area contributed by atoms with Gasteiger partial charge >= 0.3 is 11.9 Å². The molecule has 0 amide bonds. The van der Waals surface area contributed by atoms with E-state index in [1.165, 1.54) is 0 Å². The maximum Gasteiger partial charge on any atom is 0.328 e. The summed E-state index contributed by atoms with van der Waals surface area (Å²) in [5.74, 6) is 3.54. The predicted molar refractivity (Wildman–Crippen MR) is 82.8 cm³/mol. The number of hydrogen-bond donors (Lipinski definition) is 1. The number of carboxylic acids is 1. The average Bonchev–Trinajstić information content (AvgIpc) is 2.45. The van der Waals surface area contributed by atoms with E-state index >= 15 is 0 Å². The lowest BCUT2D eigenvalue weighted by atomic mass is 9.76. The van der Waals surface area contributed by atoms with Crippen molar-refractivity contribution in [2.24, 2.45) is 0 Å². The van der Waals surface area contributed by atoms with Gasteiger partial charge in [0, 0.05) is 10.9 Å². The summed E-state index contributed by atoms with van der Waals surface area (Å²) < 4.78 is 5.81. The standard InChI is InChI=1S/C16H17BrO4/c1-3-5-6-11-16(14(18)19,15(20)21-4-2)12-7-9-13(17)10-8-12/h7-10H,4,6,11H2,1-2H3,(H,18,19). The van der Waals surface area contributed by atoms with Crippen molar-refractivity contribution in [2.45, 2.75) is 32.1 Å². The first kappa shape index (κ1) is 17.3. The Bertz CT molecular complexity index is 568. The molecule has 1 atom stereocenters. The number of hydrogen-bond acceptors (Lipinski definition) is 3. The summed E-state index contributed by atoms with van der Waals surface area (Å²) in [6.07, 6.45) is 0.376. The van der Waals surface area contributed by atoms with Crippen LogP contribution < -0.4 is 0 Å². The quantitative estimate of drug-likeness (QED) is 0.485. The van der Waals surface area contributed by atoms with Gasteiger partial charge in [0.25, 0.3) is 0 Å². The number of esters is 1. The van der Waals surface area contributed by atoms with E-state index in [2.05, 4.69) is 27.8 Å². The molecular weight excluding hydrogens is 336 g/mol. The molecule has 0 aromatic heterocycles. The fraction of sp³-hybridized carbons (Fsp3) is 0.375. The number of rotatable bonds is 6. The number of carbonyl (C=O) groups excluding carboxylic acids is 1. The van der Waals surface area contributed by atoms with Crippen LogP contribution in [0.5, 0.6) is 0 Å². The van der Waals surface area contributed by atoms with Gasteiger partial charge in [0.2, 0.25) is 0 Å². The average molecular weight is 353 g/mol. The zero-order valence-electron chi connectivity index (χ0n) is 12.0. The Balaban J connectivity index is 3.34. The van der Waals surface area contributed by atoms with Crippen LogP contribution in [0.2, 0.25) is 0 Å². The summed E-state index contributed by atoms with van der Waals surface area (Å²) in [7, 11) is 0. The molecule has 4 nitrogen and oxygen atoms in total. The lowest BCUT2D eigenvalue weighted by molar-refractivity contribution is -0.162. The van der Waals surface area contributed by atoms with Gasteiger partial charge in [0.15, 0.2) is 5.41 Å². The monoisotopic (exact) mass is 352 g/mol. The molecule has 21 heavy (non-hydrogen) atoms. The van der Waals surface area contributed by atoms with Crippen LogP contribution in [0.25, 0.3) is 0 Å². The fourth-order valence-electron chi connectivity index (χ4n) is 2.05. The third-order valence-corrected chi connectivity index (χ3v) is 3.66. The number of aliphatic carboxylic acids is 1. The Hall–Kier alpha value is -1.80. The molecule has 0 radical (unpaired) electrons. The molecule has 5 heteroatoms. The van der Waals surface area contributed by atoms with Crippen molar-refractivity contribution in [3.8, 4) is 11.8 Å². The highest BCUT2D eigenvalue weighted by atomic mass is 79.9. The molecule has 1 N–H and O–H groups in total. The van der Waals surface area contributed by atoms with Gasteiger partial charge in [-0.05, 0) is 38.0 Å². The molecule has 1 rings (SSSR count). The minimum Gasteiger partial charge on any atom is -0.480 e. The Morgan fingerprint density at radius 1 is 1.33 bits per heavy atom. The second-order valence-corrected chi connectivity index (χ2v) is 5.28. The lowest BCUT2D eigenvalue weighted by Crippen LogP contribution is -2.45. The van der Waals surface area contributed by atoms with Gasteiger partial charge < -0.3 is 9.84 Å². The molecule has 0 saturated carbocycles. The van der Waals surface area contributed by atoms with E-state index in [-0.39, 0.29) is 13.0 Å². The Morgan fingerprint density at radius 3 is 2.43 bits per heavy atom. The van der Waals surface area contributed by atoms with Crippen LogP contribution in [-0.2, 0) is 19.7 Å². The molecule has 1 aromatic rings. The van der Waals surface area contributed by atoms with E-state index in [1.54, 1.807) is 38.1 Å². The van der Waals surface area contributed by atoms with Crippen LogP contribution in [-0.4, -0.2) is 23.7 Å². The van der Waals surface area contributed by atoms with E-state index in [0.717, 1.165) is 4.47 Å². The van der Waals surface area contributed by atoms with Gasteiger partial charge in [-0.1, -0.05) is 28.1 Å². The van der Waals surface area contributed by atoms with Gasteiger partial charge in [-0.3, -0.25) is 9.59 Å². The van der Waals surface area contributed by atoms with E-state index < -0.39 is 17.4 Å². The van der Waals surface area contributed by atoms with Crippen LogP contribution in [0.3, 0.4) is 0 Å². The Labute approximate surface area is 132 Å². The first-order valence-electron chi connectivity index (χ1n) is 6.55. The normalized spacial score (nSPS) is 12.7. The van der Waals surface area contributed by atoms with Crippen molar-refractivity contribution in [1.82, 2.24) is 0 Å². The maximum absolute atomic E-state index is 12.3. The van der Waals surface area contributed by atoms with E-state index in [0.29, 0.717) is 12.0 Å². The summed E-state index contributed by atoms with van der Waals surface area (Å²) in [6, 6.07) is 6.65.